The Morgan fingerprint density at radius 3 is 2.82 bits per heavy atom. The monoisotopic (exact) mass is 418 g/mol. The van der Waals surface area contributed by atoms with Crippen LogP contribution >= 0.6 is 11.3 Å². The van der Waals surface area contributed by atoms with Crippen molar-refractivity contribution in [3.63, 3.8) is 0 Å². The number of nitrogens with zero attached hydrogens (tertiary/aromatic N) is 3. The minimum atomic E-state index is -3.81. The van der Waals surface area contributed by atoms with E-state index in [9.17, 15) is 18.5 Å². The standard InChI is InChI=1S/C19H22N4O3S2/c20-10-14-4-3-8-23(14)17(24)12-22-9-7-13(11-22)18-15-5-1-2-6-16(15)27-19(18)28(21,25)26/h1-2,5-6,13-14H,3-4,7-9,11-12H2,(H2,21,25,26)/t13-,14+/m1/s1. The van der Waals surface area contributed by atoms with E-state index in [1.807, 2.05) is 24.3 Å². The predicted molar refractivity (Wildman–Crippen MR) is 107 cm³/mol. The largest absolute Gasteiger partial charge is 0.326 e. The van der Waals surface area contributed by atoms with Gasteiger partial charge in [0.2, 0.25) is 15.9 Å². The predicted octanol–water partition coefficient (Wildman–Crippen LogP) is 1.85. The van der Waals surface area contributed by atoms with Crippen molar-refractivity contribution >= 4 is 37.4 Å². The lowest BCUT2D eigenvalue weighted by Gasteiger charge is -2.23. The van der Waals surface area contributed by atoms with Gasteiger partial charge < -0.3 is 4.90 Å². The number of nitrogens with two attached hydrogens (primary N) is 1. The number of carbonyl (C=O) groups is 1. The molecule has 4 rings (SSSR count). The normalized spacial score (nSPS) is 23.4. The summed E-state index contributed by atoms with van der Waals surface area (Å²) in [5.41, 5.74) is 0.786. The molecule has 148 valence electrons. The van der Waals surface area contributed by atoms with Gasteiger partial charge in [-0.15, -0.1) is 11.3 Å². The summed E-state index contributed by atoms with van der Waals surface area (Å²) in [6, 6.07) is 9.51. The molecule has 28 heavy (non-hydrogen) atoms. The van der Waals surface area contributed by atoms with Crippen molar-refractivity contribution in [1.29, 1.82) is 5.26 Å². The Bertz CT molecular complexity index is 1060. The molecule has 1 amide bonds. The average Bonchev–Trinajstić information content (AvgIpc) is 3.38. The quantitative estimate of drug-likeness (QED) is 0.815. The van der Waals surface area contributed by atoms with Crippen molar-refractivity contribution in [2.75, 3.05) is 26.2 Å². The maximum Gasteiger partial charge on any atom is 0.247 e. The number of fused-ring (bicyclic) bond motifs is 1. The smallest absolute Gasteiger partial charge is 0.247 e. The van der Waals surface area contributed by atoms with E-state index in [0.29, 0.717) is 13.1 Å². The number of sulfonamides is 1. The molecule has 1 aromatic heterocycles. The van der Waals surface area contributed by atoms with Gasteiger partial charge in [-0.05, 0) is 42.8 Å². The Morgan fingerprint density at radius 1 is 1.29 bits per heavy atom. The molecule has 3 heterocycles. The number of thiophene rings is 1. The first-order valence-electron chi connectivity index (χ1n) is 9.34. The van der Waals surface area contributed by atoms with Gasteiger partial charge >= 0.3 is 0 Å². The fourth-order valence-electron chi connectivity index (χ4n) is 4.33. The van der Waals surface area contributed by atoms with Crippen molar-refractivity contribution < 1.29 is 13.2 Å². The lowest BCUT2D eigenvalue weighted by atomic mass is 9.98. The maximum absolute atomic E-state index is 12.6. The molecule has 0 spiro atoms. The third-order valence-corrected chi connectivity index (χ3v) is 8.28. The second-order valence-electron chi connectivity index (χ2n) is 7.44. The first-order valence-corrected chi connectivity index (χ1v) is 11.7. The van der Waals surface area contributed by atoms with Crippen molar-refractivity contribution in [3.05, 3.63) is 29.8 Å². The summed E-state index contributed by atoms with van der Waals surface area (Å²) in [6.07, 6.45) is 2.38. The zero-order valence-corrected chi connectivity index (χ0v) is 17.0. The highest BCUT2D eigenvalue weighted by atomic mass is 32.2. The summed E-state index contributed by atoms with van der Waals surface area (Å²) in [4.78, 5) is 16.3. The summed E-state index contributed by atoms with van der Waals surface area (Å²) in [5.74, 6) is -0.00540. The van der Waals surface area contributed by atoms with Gasteiger partial charge in [-0.25, -0.2) is 13.6 Å². The molecule has 2 N–H and O–H groups in total. The van der Waals surface area contributed by atoms with E-state index in [0.717, 1.165) is 41.5 Å². The first-order chi connectivity index (χ1) is 13.4. The van der Waals surface area contributed by atoms with E-state index in [4.69, 9.17) is 5.14 Å². The Balaban J connectivity index is 1.55. The van der Waals surface area contributed by atoms with E-state index >= 15 is 0 Å². The lowest BCUT2D eigenvalue weighted by molar-refractivity contribution is -0.132. The van der Waals surface area contributed by atoms with Crippen LogP contribution in [0.1, 0.15) is 30.7 Å². The van der Waals surface area contributed by atoms with Crippen LogP contribution in [0.25, 0.3) is 10.1 Å². The van der Waals surface area contributed by atoms with Crippen LogP contribution in [0.3, 0.4) is 0 Å². The van der Waals surface area contributed by atoms with Crippen molar-refractivity contribution in [3.8, 4) is 6.07 Å². The van der Waals surface area contributed by atoms with Gasteiger partial charge in [0, 0.05) is 23.7 Å². The molecule has 2 aliphatic rings. The number of rotatable bonds is 4. The molecule has 1 aromatic carbocycles. The van der Waals surface area contributed by atoms with Gasteiger partial charge in [-0.1, -0.05) is 18.2 Å². The second-order valence-corrected chi connectivity index (χ2v) is 10.2. The Labute approximate surface area is 168 Å². The fraction of sp³-hybridized carbons (Fsp3) is 0.474. The van der Waals surface area contributed by atoms with Crippen LogP contribution in [0.15, 0.2) is 28.5 Å². The van der Waals surface area contributed by atoms with E-state index < -0.39 is 10.0 Å². The van der Waals surface area contributed by atoms with Gasteiger partial charge in [0.05, 0.1) is 12.6 Å². The maximum atomic E-state index is 12.6. The zero-order chi connectivity index (χ0) is 19.9. The minimum absolute atomic E-state index is 0.0163. The highest BCUT2D eigenvalue weighted by Crippen LogP contribution is 2.41. The topological polar surface area (TPSA) is 108 Å². The minimum Gasteiger partial charge on any atom is -0.326 e. The third-order valence-electron chi connectivity index (χ3n) is 5.62. The van der Waals surface area contributed by atoms with E-state index in [-0.39, 0.29) is 28.6 Å². The highest BCUT2D eigenvalue weighted by Gasteiger charge is 2.34. The van der Waals surface area contributed by atoms with E-state index in [1.165, 1.54) is 11.3 Å². The molecule has 7 nitrogen and oxygen atoms in total. The van der Waals surface area contributed by atoms with Crippen LogP contribution in [0.2, 0.25) is 0 Å². The molecule has 0 radical (unpaired) electrons. The Kier molecular flexibility index (Phi) is 5.14. The molecule has 2 aliphatic heterocycles. The Morgan fingerprint density at radius 2 is 2.07 bits per heavy atom. The van der Waals surface area contributed by atoms with Gasteiger partial charge in [0.25, 0.3) is 0 Å². The summed E-state index contributed by atoms with van der Waals surface area (Å²) >= 11 is 1.21. The molecule has 2 saturated heterocycles. The van der Waals surface area contributed by atoms with Crippen LogP contribution in [-0.2, 0) is 14.8 Å². The SMILES string of the molecule is N#C[C@@H]1CCCN1C(=O)CN1CC[C@@H](c2c(S(N)(=O)=O)sc3ccccc23)C1. The van der Waals surface area contributed by atoms with Crippen LogP contribution < -0.4 is 5.14 Å². The van der Waals surface area contributed by atoms with Crippen molar-refractivity contribution in [2.24, 2.45) is 5.14 Å². The average molecular weight is 419 g/mol. The number of benzene rings is 1. The van der Waals surface area contributed by atoms with Gasteiger partial charge in [-0.2, -0.15) is 5.26 Å². The van der Waals surface area contributed by atoms with Crippen molar-refractivity contribution in [2.45, 2.75) is 35.4 Å². The van der Waals surface area contributed by atoms with Crippen LogP contribution in [-0.4, -0.2) is 56.3 Å². The highest BCUT2D eigenvalue weighted by molar-refractivity contribution is 7.91. The van der Waals surface area contributed by atoms with Crippen molar-refractivity contribution in [1.82, 2.24) is 9.80 Å². The molecule has 2 aromatic rings. The second kappa shape index (κ2) is 7.44. The Hall–Kier alpha value is -1.99. The first kappa shape index (κ1) is 19.3. The molecule has 2 atom stereocenters. The summed E-state index contributed by atoms with van der Waals surface area (Å²) in [6.45, 7) is 2.23. The molecule has 0 unspecified atom stereocenters. The summed E-state index contributed by atoms with van der Waals surface area (Å²) in [5, 5.41) is 15.6. The molecular formula is C19H22N4O3S2. The van der Waals surface area contributed by atoms with Gasteiger partial charge in [0.15, 0.2) is 0 Å². The number of nitriles is 1. The molecule has 0 aliphatic carbocycles. The van der Waals surface area contributed by atoms with Crippen LogP contribution in [0.4, 0.5) is 0 Å². The fourth-order valence-corrected chi connectivity index (χ4v) is 6.67. The molecular weight excluding hydrogens is 396 g/mol. The van der Waals surface area contributed by atoms with Crippen LogP contribution in [0, 0.1) is 11.3 Å². The van der Waals surface area contributed by atoms with E-state index in [1.54, 1.807) is 4.90 Å². The zero-order valence-electron chi connectivity index (χ0n) is 15.4. The number of likely N-dealkylation sites (tertiary alicyclic amines) is 2. The lowest BCUT2D eigenvalue weighted by Crippen LogP contribution is -2.41. The summed E-state index contributed by atoms with van der Waals surface area (Å²) < 4.78 is 25.5. The number of carbonyl (C=O) groups excluding carboxylic acids is 1. The summed E-state index contributed by atoms with van der Waals surface area (Å²) in [7, 11) is -3.81. The number of amides is 1. The van der Waals surface area contributed by atoms with Gasteiger partial charge in [-0.3, -0.25) is 9.69 Å². The van der Waals surface area contributed by atoms with E-state index in [2.05, 4.69) is 11.0 Å². The molecule has 9 heteroatoms. The number of hydrogen-bond acceptors (Lipinski definition) is 6. The molecule has 2 fully saturated rings. The van der Waals surface area contributed by atoms with Gasteiger partial charge in [0.1, 0.15) is 10.3 Å². The molecule has 0 saturated carbocycles. The molecule has 0 bridgehead atoms. The third kappa shape index (κ3) is 3.53. The van der Waals surface area contributed by atoms with Crippen LogP contribution in [0.5, 0.6) is 0 Å². The number of primary sulfonamides is 1. The number of hydrogen-bond donors (Lipinski definition) is 1.